The van der Waals surface area contributed by atoms with Crippen molar-refractivity contribution in [1.82, 2.24) is 24.3 Å². The second-order valence-electron chi connectivity index (χ2n) is 5.94. The zero-order valence-electron chi connectivity index (χ0n) is 14.7. The quantitative estimate of drug-likeness (QED) is 0.591. The maximum Gasteiger partial charge on any atom is 0.194 e. The molecule has 24 heavy (non-hydrogen) atoms. The molecule has 6 heteroatoms. The third-order valence-electron chi connectivity index (χ3n) is 4.31. The van der Waals surface area contributed by atoms with Gasteiger partial charge in [-0.15, -0.1) is 0 Å². The number of nitrogens with zero attached hydrogens (tertiary/aromatic N) is 5. The summed E-state index contributed by atoms with van der Waals surface area (Å²) < 4.78 is 4.24. The van der Waals surface area contributed by atoms with E-state index in [1.54, 1.807) is 7.05 Å². The normalized spacial score (nSPS) is 11.9. The summed E-state index contributed by atoms with van der Waals surface area (Å²) in [6, 6.07) is 12.3. The molecular weight excluding hydrogens is 300 g/mol. The molecule has 0 aliphatic rings. The number of nitrogens with one attached hydrogen (secondary N) is 1. The first kappa shape index (κ1) is 16.1. The summed E-state index contributed by atoms with van der Waals surface area (Å²) in [6.45, 7) is 1.43. The van der Waals surface area contributed by atoms with Gasteiger partial charge in [0.25, 0.3) is 0 Å². The van der Waals surface area contributed by atoms with E-state index in [0.717, 1.165) is 29.4 Å². The molecule has 1 aromatic carbocycles. The monoisotopic (exact) mass is 324 g/mol. The number of guanidine groups is 1. The molecular formula is C18H24N6. The van der Waals surface area contributed by atoms with E-state index in [0.29, 0.717) is 6.54 Å². The molecule has 0 fully saturated rings. The van der Waals surface area contributed by atoms with Gasteiger partial charge >= 0.3 is 0 Å². The van der Waals surface area contributed by atoms with Crippen molar-refractivity contribution >= 4 is 17.0 Å². The summed E-state index contributed by atoms with van der Waals surface area (Å²) in [5.74, 6) is 1.84. The molecule has 1 N–H and O–H groups in total. The van der Waals surface area contributed by atoms with Crippen molar-refractivity contribution in [2.45, 2.75) is 13.1 Å². The maximum absolute atomic E-state index is 4.69. The van der Waals surface area contributed by atoms with Crippen LogP contribution in [0.3, 0.4) is 0 Å². The van der Waals surface area contributed by atoms with Gasteiger partial charge in [0.2, 0.25) is 0 Å². The first-order chi connectivity index (χ1) is 11.6. The molecule has 3 aromatic rings. The second kappa shape index (κ2) is 6.78. The minimum Gasteiger partial charge on any atom is -0.353 e. The number of hydrogen-bond donors (Lipinski definition) is 1. The van der Waals surface area contributed by atoms with Gasteiger partial charge in [0.15, 0.2) is 5.96 Å². The molecule has 126 valence electrons. The van der Waals surface area contributed by atoms with Crippen LogP contribution in [-0.2, 0) is 27.2 Å². The summed E-state index contributed by atoms with van der Waals surface area (Å²) in [5.41, 5.74) is 3.40. The van der Waals surface area contributed by atoms with E-state index in [1.807, 2.05) is 32.3 Å². The third kappa shape index (κ3) is 3.13. The highest BCUT2D eigenvalue weighted by atomic mass is 15.3. The van der Waals surface area contributed by atoms with Gasteiger partial charge in [0.1, 0.15) is 5.82 Å². The molecule has 2 heterocycles. The van der Waals surface area contributed by atoms with Crippen molar-refractivity contribution < 1.29 is 0 Å². The van der Waals surface area contributed by atoms with Crippen molar-refractivity contribution in [3.63, 3.8) is 0 Å². The van der Waals surface area contributed by atoms with Crippen LogP contribution in [-0.4, -0.2) is 39.1 Å². The Morgan fingerprint density at radius 2 is 2.00 bits per heavy atom. The predicted octanol–water partition coefficient (Wildman–Crippen LogP) is 2.12. The van der Waals surface area contributed by atoms with Gasteiger partial charge in [0, 0.05) is 40.1 Å². The largest absolute Gasteiger partial charge is 0.353 e. The lowest BCUT2D eigenvalue weighted by molar-refractivity contribution is 0.460. The van der Waals surface area contributed by atoms with Gasteiger partial charge in [0.05, 0.1) is 24.1 Å². The van der Waals surface area contributed by atoms with Crippen LogP contribution in [0.15, 0.2) is 47.6 Å². The van der Waals surface area contributed by atoms with E-state index in [2.05, 4.69) is 55.8 Å². The fourth-order valence-corrected chi connectivity index (χ4v) is 2.88. The summed E-state index contributed by atoms with van der Waals surface area (Å²) >= 11 is 0. The second-order valence-corrected chi connectivity index (χ2v) is 5.94. The minimum absolute atomic E-state index is 0.634. The smallest absolute Gasteiger partial charge is 0.194 e. The van der Waals surface area contributed by atoms with Crippen LogP contribution in [0, 0.1) is 0 Å². The van der Waals surface area contributed by atoms with Gasteiger partial charge in [-0.3, -0.25) is 4.99 Å². The molecule has 0 aliphatic heterocycles. The van der Waals surface area contributed by atoms with E-state index in [1.165, 1.54) is 5.69 Å². The lowest BCUT2D eigenvalue weighted by Gasteiger charge is -2.22. The lowest BCUT2D eigenvalue weighted by Crippen LogP contribution is -2.38. The molecule has 2 aromatic heterocycles. The number of fused-ring (bicyclic) bond motifs is 1. The Kier molecular flexibility index (Phi) is 4.55. The summed E-state index contributed by atoms with van der Waals surface area (Å²) in [6.07, 6.45) is 2.05. The number of benzene rings is 1. The van der Waals surface area contributed by atoms with E-state index in [4.69, 9.17) is 4.98 Å². The van der Waals surface area contributed by atoms with E-state index in [9.17, 15) is 0 Å². The van der Waals surface area contributed by atoms with Crippen LogP contribution in [0.2, 0.25) is 0 Å². The summed E-state index contributed by atoms with van der Waals surface area (Å²) in [7, 11) is 7.94. The lowest BCUT2D eigenvalue weighted by atomic mass is 10.3. The number of hydrogen-bond acceptors (Lipinski definition) is 2. The maximum atomic E-state index is 4.69. The van der Waals surface area contributed by atoms with Crippen LogP contribution in [0.5, 0.6) is 0 Å². The molecule has 6 nitrogen and oxygen atoms in total. The fourth-order valence-electron chi connectivity index (χ4n) is 2.88. The van der Waals surface area contributed by atoms with E-state index < -0.39 is 0 Å². The molecule has 0 radical (unpaired) electrons. The van der Waals surface area contributed by atoms with Crippen molar-refractivity contribution in [2.24, 2.45) is 19.1 Å². The molecule has 0 saturated carbocycles. The number of aliphatic imine (C=N–C) groups is 1. The van der Waals surface area contributed by atoms with Crippen molar-refractivity contribution in [3.05, 3.63) is 54.1 Å². The van der Waals surface area contributed by atoms with Crippen LogP contribution < -0.4 is 5.32 Å². The molecule has 0 amide bonds. The summed E-state index contributed by atoms with van der Waals surface area (Å²) in [5, 5.41) is 3.40. The van der Waals surface area contributed by atoms with Gasteiger partial charge in [-0.05, 0) is 24.3 Å². The van der Waals surface area contributed by atoms with Gasteiger partial charge in [-0.25, -0.2) is 4.98 Å². The Bertz CT molecular complexity index is 857. The topological polar surface area (TPSA) is 50.4 Å². The average molecular weight is 324 g/mol. The van der Waals surface area contributed by atoms with Gasteiger partial charge in [-0.2, -0.15) is 0 Å². The SMILES string of the molecule is CN=C(NCc1nc2ccccc2n1C)N(C)Cc1cccn1C. The molecule has 0 bridgehead atoms. The highest BCUT2D eigenvalue weighted by Gasteiger charge is 2.11. The molecule has 0 saturated heterocycles. The number of aryl methyl sites for hydroxylation is 2. The van der Waals surface area contributed by atoms with E-state index >= 15 is 0 Å². The van der Waals surface area contributed by atoms with Crippen molar-refractivity contribution in [1.29, 1.82) is 0 Å². The van der Waals surface area contributed by atoms with Crippen LogP contribution in [0.25, 0.3) is 11.0 Å². The zero-order chi connectivity index (χ0) is 17.1. The summed E-state index contributed by atoms with van der Waals surface area (Å²) in [4.78, 5) is 11.2. The standard InChI is InChI=1S/C18H24N6/c1-19-18(23(3)13-14-8-7-11-22(14)2)20-12-17-21-15-9-5-6-10-16(15)24(17)4/h5-11H,12-13H2,1-4H3,(H,19,20). The number of rotatable bonds is 4. The molecule has 0 spiro atoms. The number of imidazole rings is 1. The predicted molar refractivity (Wildman–Crippen MR) is 97.8 cm³/mol. The highest BCUT2D eigenvalue weighted by molar-refractivity contribution is 5.80. The Morgan fingerprint density at radius 1 is 1.21 bits per heavy atom. The van der Waals surface area contributed by atoms with E-state index in [-0.39, 0.29) is 0 Å². The molecule has 0 aliphatic carbocycles. The van der Waals surface area contributed by atoms with Crippen molar-refractivity contribution in [2.75, 3.05) is 14.1 Å². The molecule has 0 unspecified atom stereocenters. The number of para-hydroxylation sites is 2. The van der Waals surface area contributed by atoms with Gasteiger partial charge in [-0.1, -0.05) is 12.1 Å². The fraction of sp³-hybridized carbons (Fsp3) is 0.333. The van der Waals surface area contributed by atoms with Crippen LogP contribution in [0.4, 0.5) is 0 Å². The first-order valence-corrected chi connectivity index (χ1v) is 8.02. The first-order valence-electron chi connectivity index (χ1n) is 8.02. The van der Waals surface area contributed by atoms with Crippen LogP contribution >= 0.6 is 0 Å². The average Bonchev–Trinajstić information content (AvgIpc) is 3.12. The molecule has 0 atom stereocenters. The Balaban J connectivity index is 1.69. The third-order valence-corrected chi connectivity index (χ3v) is 4.31. The number of aromatic nitrogens is 3. The van der Waals surface area contributed by atoms with Crippen molar-refractivity contribution in [3.8, 4) is 0 Å². The Hall–Kier alpha value is -2.76. The highest BCUT2D eigenvalue weighted by Crippen LogP contribution is 2.14. The van der Waals surface area contributed by atoms with Crippen LogP contribution in [0.1, 0.15) is 11.5 Å². The van der Waals surface area contributed by atoms with Gasteiger partial charge < -0.3 is 19.4 Å². The molecule has 3 rings (SSSR count). The Morgan fingerprint density at radius 3 is 2.67 bits per heavy atom. The minimum atomic E-state index is 0.634. The zero-order valence-corrected chi connectivity index (χ0v) is 14.7. The Labute approximate surface area is 142 Å².